The second-order valence-electron chi connectivity index (χ2n) is 6.81. The molecule has 0 aliphatic carbocycles. The Morgan fingerprint density at radius 1 is 0.857 bits per heavy atom. The van der Waals surface area contributed by atoms with E-state index in [0.717, 1.165) is 11.3 Å². The molecule has 3 aromatic carbocycles. The molecule has 28 heavy (non-hydrogen) atoms. The summed E-state index contributed by atoms with van der Waals surface area (Å²) < 4.78 is 13.1. The summed E-state index contributed by atoms with van der Waals surface area (Å²) in [6.07, 6.45) is 0. The third kappa shape index (κ3) is 3.60. The second kappa shape index (κ2) is 7.64. The average Bonchev–Trinajstić information content (AvgIpc) is 2.72. The van der Waals surface area contributed by atoms with Gasteiger partial charge in [0, 0.05) is 43.4 Å². The van der Waals surface area contributed by atoms with Crippen molar-refractivity contribution < 1.29 is 4.39 Å². The zero-order valence-corrected chi connectivity index (χ0v) is 15.9. The van der Waals surface area contributed by atoms with Crippen LogP contribution in [0.4, 0.5) is 21.5 Å². The van der Waals surface area contributed by atoms with E-state index in [9.17, 15) is 14.0 Å². The van der Waals surface area contributed by atoms with E-state index in [-0.39, 0.29) is 5.82 Å². The van der Waals surface area contributed by atoms with Crippen molar-refractivity contribution >= 4 is 28.7 Å². The Labute approximate surface area is 166 Å². The predicted molar refractivity (Wildman–Crippen MR) is 111 cm³/mol. The van der Waals surface area contributed by atoms with Crippen LogP contribution in [-0.4, -0.2) is 26.2 Å². The first-order valence-corrected chi connectivity index (χ1v) is 9.48. The van der Waals surface area contributed by atoms with E-state index in [2.05, 4.69) is 10.2 Å². The zero-order valence-electron chi connectivity index (χ0n) is 15.1. The molecule has 1 aliphatic rings. The van der Waals surface area contributed by atoms with E-state index < -0.39 is 10.9 Å². The number of halogens is 2. The smallest absolute Gasteiger partial charge is 0.253 e. The van der Waals surface area contributed by atoms with Crippen LogP contribution >= 0.6 is 11.6 Å². The molecule has 1 fully saturated rings. The van der Waals surface area contributed by atoms with E-state index in [4.69, 9.17) is 11.6 Å². The van der Waals surface area contributed by atoms with Gasteiger partial charge in [0.05, 0.1) is 0 Å². The molecule has 0 saturated carbocycles. The number of nitrogens with zero attached hydrogens (tertiary/aromatic N) is 2. The van der Waals surface area contributed by atoms with Crippen LogP contribution in [0.15, 0.2) is 58.1 Å². The minimum atomic E-state index is -0.468. The van der Waals surface area contributed by atoms with E-state index >= 15 is 0 Å². The standard InChI is InChI=1S/C21H19ClFN3O2/c22-15-3-1-14(2-4-15)13-24-18-19(21(28)20(18)27)26-11-9-25(10-12-26)17-7-5-16(23)6-8-17/h1-8,24H,9-13H2. The molecular weight excluding hydrogens is 381 g/mol. The quantitative estimate of drug-likeness (QED) is 0.668. The van der Waals surface area contributed by atoms with Gasteiger partial charge in [-0.2, -0.15) is 0 Å². The van der Waals surface area contributed by atoms with Gasteiger partial charge in [-0.15, -0.1) is 0 Å². The van der Waals surface area contributed by atoms with Gasteiger partial charge in [0.1, 0.15) is 17.2 Å². The van der Waals surface area contributed by atoms with Gasteiger partial charge in [-0.25, -0.2) is 4.39 Å². The summed E-state index contributed by atoms with van der Waals surface area (Å²) in [6, 6.07) is 13.7. The summed E-state index contributed by atoms with van der Waals surface area (Å²) in [4.78, 5) is 28.3. The first-order chi connectivity index (χ1) is 13.5. The maximum absolute atomic E-state index is 13.1. The van der Waals surface area contributed by atoms with Crippen molar-refractivity contribution in [2.75, 3.05) is 41.3 Å². The van der Waals surface area contributed by atoms with Gasteiger partial charge in [-0.1, -0.05) is 23.7 Å². The zero-order chi connectivity index (χ0) is 19.7. The van der Waals surface area contributed by atoms with E-state index in [1.807, 2.05) is 17.0 Å². The molecular formula is C21H19ClFN3O2. The van der Waals surface area contributed by atoms with Crippen molar-refractivity contribution in [3.63, 3.8) is 0 Å². The summed E-state index contributed by atoms with van der Waals surface area (Å²) in [5.74, 6) is -0.262. The second-order valence-corrected chi connectivity index (χ2v) is 7.25. The first-order valence-electron chi connectivity index (χ1n) is 9.10. The van der Waals surface area contributed by atoms with Crippen molar-refractivity contribution in [2.45, 2.75) is 6.54 Å². The number of hydrogen-bond donors (Lipinski definition) is 1. The summed E-state index contributed by atoms with van der Waals surface area (Å²) in [5.41, 5.74) is 1.88. The highest BCUT2D eigenvalue weighted by Crippen LogP contribution is 2.24. The molecule has 4 rings (SSSR count). The van der Waals surface area contributed by atoms with Gasteiger partial charge in [-0.3, -0.25) is 9.59 Å². The summed E-state index contributed by atoms with van der Waals surface area (Å²) in [7, 11) is 0. The van der Waals surface area contributed by atoms with Crippen LogP contribution in [0.5, 0.6) is 0 Å². The fourth-order valence-electron chi connectivity index (χ4n) is 3.48. The Kier molecular flexibility index (Phi) is 5.05. The number of rotatable bonds is 5. The highest BCUT2D eigenvalue weighted by atomic mass is 35.5. The Morgan fingerprint density at radius 2 is 1.46 bits per heavy atom. The molecule has 3 aromatic rings. The van der Waals surface area contributed by atoms with Crippen LogP contribution in [-0.2, 0) is 6.54 Å². The third-order valence-electron chi connectivity index (χ3n) is 5.06. The van der Waals surface area contributed by atoms with E-state index in [1.165, 1.54) is 12.1 Å². The largest absolute Gasteiger partial charge is 0.376 e. The molecule has 5 nitrogen and oxygen atoms in total. The Hall–Kier alpha value is -2.86. The third-order valence-corrected chi connectivity index (χ3v) is 5.31. The predicted octanol–water partition coefficient (Wildman–Crippen LogP) is 3.01. The minimum Gasteiger partial charge on any atom is -0.376 e. The molecule has 0 amide bonds. The van der Waals surface area contributed by atoms with Crippen molar-refractivity contribution in [2.24, 2.45) is 0 Å². The number of nitrogens with one attached hydrogen (secondary N) is 1. The monoisotopic (exact) mass is 399 g/mol. The van der Waals surface area contributed by atoms with Crippen molar-refractivity contribution in [3.8, 4) is 0 Å². The van der Waals surface area contributed by atoms with Gasteiger partial charge in [0.2, 0.25) is 0 Å². The molecule has 144 valence electrons. The molecule has 0 radical (unpaired) electrons. The molecule has 7 heteroatoms. The van der Waals surface area contributed by atoms with Crippen LogP contribution in [0.25, 0.3) is 0 Å². The number of anilines is 3. The molecule has 1 N–H and O–H groups in total. The van der Waals surface area contributed by atoms with Gasteiger partial charge >= 0.3 is 0 Å². The SMILES string of the molecule is O=c1c(NCc2ccc(Cl)cc2)c(N2CCN(c3ccc(F)cc3)CC2)c1=O. The molecule has 1 aliphatic heterocycles. The molecule has 0 bridgehead atoms. The highest BCUT2D eigenvalue weighted by Gasteiger charge is 2.28. The first kappa shape index (κ1) is 18.5. The van der Waals surface area contributed by atoms with Gasteiger partial charge in [-0.05, 0) is 42.0 Å². The van der Waals surface area contributed by atoms with Gasteiger partial charge < -0.3 is 15.1 Å². The van der Waals surface area contributed by atoms with Crippen molar-refractivity contribution in [1.82, 2.24) is 0 Å². The average molecular weight is 400 g/mol. The van der Waals surface area contributed by atoms with Crippen LogP contribution < -0.4 is 26.0 Å². The van der Waals surface area contributed by atoms with Crippen LogP contribution in [0.1, 0.15) is 5.56 Å². The summed E-state index contributed by atoms with van der Waals surface area (Å²) in [5, 5.41) is 3.75. The number of piperazine rings is 1. The maximum Gasteiger partial charge on any atom is 0.253 e. The molecule has 0 spiro atoms. The molecule has 0 atom stereocenters. The van der Waals surface area contributed by atoms with Crippen LogP contribution in [0, 0.1) is 5.82 Å². The lowest BCUT2D eigenvalue weighted by atomic mass is 10.1. The van der Waals surface area contributed by atoms with Crippen molar-refractivity contribution in [3.05, 3.63) is 85.4 Å². The molecule has 0 aromatic heterocycles. The fraction of sp³-hybridized carbons (Fsp3) is 0.238. The van der Waals surface area contributed by atoms with Gasteiger partial charge in [0.25, 0.3) is 10.9 Å². The lowest BCUT2D eigenvalue weighted by Crippen LogP contribution is -2.51. The Balaban J connectivity index is 1.42. The molecule has 1 heterocycles. The van der Waals surface area contributed by atoms with Crippen molar-refractivity contribution in [1.29, 1.82) is 0 Å². The minimum absolute atomic E-state index is 0.262. The highest BCUT2D eigenvalue weighted by molar-refractivity contribution is 6.30. The lowest BCUT2D eigenvalue weighted by molar-refractivity contribution is 0.624. The maximum atomic E-state index is 13.1. The number of hydrogen-bond acceptors (Lipinski definition) is 5. The fourth-order valence-corrected chi connectivity index (χ4v) is 3.60. The Bertz CT molecular complexity index is 1040. The van der Waals surface area contributed by atoms with Crippen LogP contribution in [0.2, 0.25) is 5.02 Å². The number of benzene rings is 2. The summed E-state index contributed by atoms with van der Waals surface area (Å²) in [6.45, 7) is 3.09. The topological polar surface area (TPSA) is 52.7 Å². The lowest BCUT2D eigenvalue weighted by Gasteiger charge is -2.38. The Morgan fingerprint density at radius 3 is 2.11 bits per heavy atom. The molecule has 0 unspecified atom stereocenters. The van der Waals surface area contributed by atoms with Gasteiger partial charge in [0.15, 0.2) is 0 Å². The van der Waals surface area contributed by atoms with E-state index in [1.54, 1.807) is 24.3 Å². The van der Waals surface area contributed by atoms with E-state index in [0.29, 0.717) is 49.1 Å². The molecule has 1 saturated heterocycles. The summed E-state index contributed by atoms with van der Waals surface area (Å²) >= 11 is 5.89. The normalized spacial score (nSPS) is 14.5. The van der Waals surface area contributed by atoms with Crippen LogP contribution in [0.3, 0.4) is 0 Å².